The number of methoxy groups -OCH3 is 2. The molecule has 1 aromatic rings. The number of hydrogen-bond donors (Lipinski definition) is 0. The van der Waals surface area contributed by atoms with E-state index in [1.54, 1.807) is 12.1 Å². The molecule has 0 bridgehead atoms. The van der Waals surface area contributed by atoms with Gasteiger partial charge in [-0.2, -0.15) is 0 Å². The summed E-state index contributed by atoms with van der Waals surface area (Å²) in [5.74, 6) is -1.27. The van der Waals surface area contributed by atoms with Crippen molar-refractivity contribution in [1.29, 1.82) is 0 Å². The van der Waals surface area contributed by atoms with Crippen LogP contribution in [0.1, 0.15) is 36.7 Å². The molecule has 8 nitrogen and oxygen atoms in total. The van der Waals surface area contributed by atoms with Crippen LogP contribution in [0.5, 0.6) is 0 Å². The first-order chi connectivity index (χ1) is 12.1. The largest absolute Gasteiger partial charge is 0.469 e. The summed E-state index contributed by atoms with van der Waals surface area (Å²) in [7, 11) is 2.70. The van der Waals surface area contributed by atoms with Gasteiger partial charge in [0.2, 0.25) is 0 Å². The van der Waals surface area contributed by atoms with Crippen molar-refractivity contribution in [2.45, 2.75) is 27.7 Å². The molecule has 0 amide bonds. The van der Waals surface area contributed by atoms with Crippen LogP contribution in [0.3, 0.4) is 0 Å². The van der Waals surface area contributed by atoms with E-state index in [0.717, 1.165) is 5.56 Å². The molecule has 0 fully saturated rings. The first-order valence-corrected chi connectivity index (χ1v) is 7.60. The van der Waals surface area contributed by atoms with Crippen LogP contribution in [0.15, 0.2) is 24.3 Å². The number of benzene rings is 1. The maximum atomic E-state index is 11.5. The zero-order chi connectivity index (χ0) is 20.5. The predicted molar refractivity (Wildman–Crippen MR) is 93.5 cm³/mol. The lowest BCUT2D eigenvalue weighted by Gasteiger charge is -2.06. The van der Waals surface area contributed by atoms with Gasteiger partial charge in [-0.3, -0.25) is 14.4 Å². The van der Waals surface area contributed by atoms with Crippen molar-refractivity contribution in [2.75, 3.05) is 27.4 Å². The van der Waals surface area contributed by atoms with E-state index in [9.17, 15) is 19.2 Å². The Balaban J connectivity index is 0. The van der Waals surface area contributed by atoms with Crippen molar-refractivity contribution < 1.29 is 38.1 Å². The molecular weight excluding hydrogens is 344 g/mol. The number of aryl methyl sites for hydroxylation is 1. The van der Waals surface area contributed by atoms with Crippen molar-refractivity contribution in [3.05, 3.63) is 35.4 Å². The molecule has 146 valence electrons. The molecule has 8 heteroatoms. The van der Waals surface area contributed by atoms with Crippen LogP contribution in [0, 0.1) is 6.92 Å². The van der Waals surface area contributed by atoms with E-state index in [-0.39, 0.29) is 31.1 Å². The van der Waals surface area contributed by atoms with Gasteiger partial charge in [-0.25, -0.2) is 4.79 Å². The van der Waals surface area contributed by atoms with Crippen molar-refractivity contribution in [2.24, 2.45) is 0 Å². The van der Waals surface area contributed by atoms with Crippen LogP contribution in [0.2, 0.25) is 0 Å². The molecule has 0 radical (unpaired) electrons. The SMILES string of the molecule is CC(=O)OCCOC(=O)c1ccccc1C.COC(C)=O.COC(C)=O. The highest BCUT2D eigenvalue weighted by atomic mass is 16.6. The second-order valence-corrected chi connectivity index (χ2v) is 4.68. The fraction of sp³-hybridized carbons (Fsp3) is 0.444. The summed E-state index contributed by atoms with van der Waals surface area (Å²) in [6.45, 7) is 6.03. The average molecular weight is 370 g/mol. The fourth-order valence-electron chi connectivity index (χ4n) is 1.20. The maximum Gasteiger partial charge on any atom is 0.338 e. The highest BCUT2D eigenvalue weighted by Crippen LogP contribution is 2.08. The Kier molecular flexibility index (Phi) is 15.2. The van der Waals surface area contributed by atoms with E-state index >= 15 is 0 Å². The quantitative estimate of drug-likeness (QED) is 0.451. The van der Waals surface area contributed by atoms with Crippen molar-refractivity contribution >= 4 is 23.9 Å². The molecule has 0 aromatic heterocycles. The Hall–Kier alpha value is -2.90. The summed E-state index contributed by atoms with van der Waals surface area (Å²) in [5.41, 5.74) is 1.39. The highest BCUT2D eigenvalue weighted by Gasteiger charge is 2.09. The van der Waals surface area contributed by atoms with E-state index in [1.807, 2.05) is 19.1 Å². The molecule has 0 heterocycles. The molecule has 0 aliphatic heterocycles. The van der Waals surface area contributed by atoms with Gasteiger partial charge in [0.25, 0.3) is 0 Å². The smallest absolute Gasteiger partial charge is 0.338 e. The maximum absolute atomic E-state index is 11.5. The number of hydrogen-bond acceptors (Lipinski definition) is 8. The molecule has 0 atom stereocenters. The summed E-state index contributed by atoms with van der Waals surface area (Å²) < 4.78 is 17.8. The van der Waals surface area contributed by atoms with Crippen molar-refractivity contribution in [3.8, 4) is 0 Å². The Bertz CT molecular complexity index is 566. The fourth-order valence-corrected chi connectivity index (χ4v) is 1.20. The minimum atomic E-state index is -0.398. The van der Waals surface area contributed by atoms with Gasteiger partial charge in [0.15, 0.2) is 0 Å². The number of esters is 4. The third kappa shape index (κ3) is 16.0. The van der Waals surface area contributed by atoms with Crippen LogP contribution < -0.4 is 0 Å². The molecule has 0 aliphatic rings. The number of carbonyl (C=O) groups is 4. The summed E-state index contributed by atoms with van der Waals surface area (Å²) in [4.78, 5) is 41.2. The second-order valence-electron chi connectivity index (χ2n) is 4.68. The summed E-state index contributed by atoms with van der Waals surface area (Å²) in [6.07, 6.45) is 0. The molecule has 0 aliphatic carbocycles. The molecule has 0 unspecified atom stereocenters. The zero-order valence-corrected chi connectivity index (χ0v) is 16.0. The summed E-state index contributed by atoms with van der Waals surface area (Å²) in [6, 6.07) is 7.16. The van der Waals surface area contributed by atoms with Crippen LogP contribution >= 0.6 is 0 Å². The van der Waals surface area contributed by atoms with Crippen LogP contribution in [-0.2, 0) is 33.3 Å². The van der Waals surface area contributed by atoms with E-state index in [2.05, 4.69) is 14.2 Å². The second kappa shape index (κ2) is 15.6. The minimum absolute atomic E-state index is 0.0761. The van der Waals surface area contributed by atoms with Gasteiger partial charge < -0.3 is 18.9 Å². The lowest BCUT2D eigenvalue weighted by atomic mass is 10.1. The van der Waals surface area contributed by atoms with Gasteiger partial charge in [-0.1, -0.05) is 18.2 Å². The average Bonchev–Trinajstić information content (AvgIpc) is 2.59. The Morgan fingerprint density at radius 3 is 1.58 bits per heavy atom. The molecule has 0 saturated heterocycles. The van der Waals surface area contributed by atoms with Gasteiger partial charge in [0.1, 0.15) is 13.2 Å². The van der Waals surface area contributed by atoms with Gasteiger partial charge in [0, 0.05) is 20.8 Å². The molecule has 1 rings (SSSR count). The first kappa shape index (κ1) is 25.3. The zero-order valence-electron chi connectivity index (χ0n) is 16.0. The number of rotatable bonds is 4. The number of ether oxygens (including phenoxy) is 4. The van der Waals surface area contributed by atoms with Gasteiger partial charge in [-0.05, 0) is 18.6 Å². The van der Waals surface area contributed by atoms with Gasteiger partial charge >= 0.3 is 23.9 Å². The lowest BCUT2D eigenvalue weighted by molar-refractivity contribution is -0.142. The molecular formula is C18H26O8. The predicted octanol–water partition coefficient (Wildman–Crippen LogP) is 2.07. The molecule has 26 heavy (non-hydrogen) atoms. The molecule has 1 aromatic carbocycles. The minimum Gasteiger partial charge on any atom is -0.469 e. The Labute approximate surface area is 153 Å². The monoisotopic (exact) mass is 370 g/mol. The van der Waals surface area contributed by atoms with Gasteiger partial charge in [-0.15, -0.1) is 0 Å². The van der Waals surface area contributed by atoms with E-state index in [4.69, 9.17) is 4.74 Å². The number of carbonyl (C=O) groups excluding carboxylic acids is 4. The lowest BCUT2D eigenvalue weighted by Crippen LogP contribution is -2.13. The summed E-state index contributed by atoms with van der Waals surface area (Å²) >= 11 is 0. The highest BCUT2D eigenvalue weighted by molar-refractivity contribution is 5.90. The van der Waals surface area contributed by atoms with E-state index in [0.29, 0.717) is 5.56 Å². The summed E-state index contributed by atoms with van der Waals surface area (Å²) in [5, 5.41) is 0. The first-order valence-electron chi connectivity index (χ1n) is 7.60. The van der Waals surface area contributed by atoms with Crippen molar-refractivity contribution in [1.82, 2.24) is 0 Å². The molecule has 0 saturated carbocycles. The normalized spacial score (nSPS) is 8.54. The van der Waals surface area contributed by atoms with Crippen LogP contribution in [0.25, 0.3) is 0 Å². The van der Waals surface area contributed by atoms with Crippen molar-refractivity contribution in [3.63, 3.8) is 0 Å². The van der Waals surface area contributed by atoms with Gasteiger partial charge in [0.05, 0.1) is 19.8 Å². The Morgan fingerprint density at radius 1 is 0.769 bits per heavy atom. The molecule has 0 N–H and O–H groups in total. The molecule has 0 spiro atoms. The third-order valence-electron chi connectivity index (χ3n) is 2.56. The van der Waals surface area contributed by atoms with Crippen LogP contribution in [0.4, 0.5) is 0 Å². The Morgan fingerprint density at radius 2 is 1.19 bits per heavy atom. The topological polar surface area (TPSA) is 105 Å². The van der Waals surface area contributed by atoms with E-state index < -0.39 is 5.97 Å². The van der Waals surface area contributed by atoms with Crippen LogP contribution in [-0.4, -0.2) is 51.3 Å². The van der Waals surface area contributed by atoms with E-state index in [1.165, 1.54) is 35.0 Å². The third-order valence-corrected chi connectivity index (χ3v) is 2.56. The standard InChI is InChI=1S/C12H14O4.2C3H6O2/c1-9-5-3-4-6-11(9)12(14)16-8-7-15-10(2)13;2*1-3(4)5-2/h3-6H,7-8H2,1-2H3;2*1-2H3.